The van der Waals surface area contributed by atoms with Crippen molar-refractivity contribution in [2.75, 3.05) is 0 Å². The predicted molar refractivity (Wildman–Crippen MR) is 255 cm³/mol. The number of amidine groups is 2. The molecule has 63 heavy (non-hydrogen) atoms. The molecule has 1 spiro atoms. The molecule has 0 amide bonds. The number of fused-ring (bicyclic) bond motifs is 18. The second kappa shape index (κ2) is 12.9. The summed E-state index contributed by atoms with van der Waals surface area (Å²) in [5, 5.41) is 7.93. The highest BCUT2D eigenvalue weighted by molar-refractivity contribution is 6.22. The number of benzene rings is 9. The number of nitrogens with one attached hydrogen (secondary N) is 1. The van der Waals surface area contributed by atoms with Gasteiger partial charge in [0.15, 0.2) is 6.17 Å². The number of hydrogen-bond acceptors (Lipinski definition) is 5. The molecule has 9 aromatic carbocycles. The van der Waals surface area contributed by atoms with Gasteiger partial charge in [-0.3, -0.25) is 0 Å². The maximum absolute atomic E-state index is 6.61. The molecule has 5 heteroatoms. The topological polar surface area (TPSA) is 63.0 Å². The molecular formula is C58H35N3O2. The zero-order valence-electron chi connectivity index (χ0n) is 33.8. The van der Waals surface area contributed by atoms with Crippen molar-refractivity contribution in [3.05, 3.63) is 239 Å². The van der Waals surface area contributed by atoms with E-state index in [-0.39, 0.29) is 0 Å². The van der Waals surface area contributed by atoms with E-state index in [9.17, 15) is 0 Å². The van der Waals surface area contributed by atoms with Crippen LogP contribution < -0.4 is 5.32 Å². The predicted octanol–water partition coefficient (Wildman–Crippen LogP) is 14.0. The van der Waals surface area contributed by atoms with Gasteiger partial charge in [0, 0.05) is 32.7 Å². The van der Waals surface area contributed by atoms with Gasteiger partial charge in [-0.05, 0) is 86.0 Å². The summed E-state index contributed by atoms with van der Waals surface area (Å²) in [6.45, 7) is 0. The summed E-state index contributed by atoms with van der Waals surface area (Å²) in [5.74, 6) is 1.43. The average Bonchev–Trinajstić information content (AvgIpc) is 4.00. The zero-order chi connectivity index (χ0) is 41.2. The summed E-state index contributed by atoms with van der Waals surface area (Å²) < 4.78 is 13.0. The third-order valence-electron chi connectivity index (χ3n) is 13.6. The summed E-state index contributed by atoms with van der Waals surface area (Å²) in [6.07, 6.45) is -0.577. The van der Waals surface area contributed by atoms with Gasteiger partial charge in [-0.15, -0.1) is 0 Å². The number of aliphatic imine (C=N–C) groups is 2. The lowest BCUT2D eigenvalue weighted by Gasteiger charge is -2.35. The summed E-state index contributed by atoms with van der Waals surface area (Å²) in [5.41, 5.74) is 18.0. The molecule has 0 radical (unpaired) electrons. The molecule has 2 aromatic heterocycles. The van der Waals surface area contributed by atoms with Gasteiger partial charge in [-0.1, -0.05) is 170 Å². The Morgan fingerprint density at radius 2 is 0.889 bits per heavy atom. The second-order valence-electron chi connectivity index (χ2n) is 16.7. The normalized spacial score (nSPS) is 15.6. The van der Waals surface area contributed by atoms with Crippen LogP contribution in [0.5, 0.6) is 0 Å². The molecule has 3 aliphatic rings. The first-order valence-corrected chi connectivity index (χ1v) is 21.5. The maximum atomic E-state index is 6.61. The van der Waals surface area contributed by atoms with Gasteiger partial charge < -0.3 is 14.2 Å². The molecule has 14 rings (SSSR count). The third kappa shape index (κ3) is 4.71. The molecule has 294 valence electrons. The monoisotopic (exact) mass is 805 g/mol. The van der Waals surface area contributed by atoms with Crippen LogP contribution in [0.25, 0.3) is 77.3 Å². The molecule has 1 aliphatic heterocycles. The molecule has 5 nitrogen and oxygen atoms in total. The Balaban J connectivity index is 1.01. The lowest BCUT2D eigenvalue weighted by atomic mass is 9.66. The van der Waals surface area contributed by atoms with E-state index < -0.39 is 11.6 Å². The van der Waals surface area contributed by atoms with Crippen molar-refractivity contribution in [3.8, 4) is 33.4 Å². The highest BCUT2D eigenvalue weighted by Crippen LogP contribution is 2.61. The van der Waals surface area contributed by atoms with Gasteiger partial charge in [0.2, 0.25) is 0 Å². The molecular weight excluding hydrogens is 771 g/mol. The van der Waals surface area contributed by atoms with Crippen molar-refractivity contribution < 1.29 is 8.83 Å². The van der Waals surface area contributed by atoms with E-state index in [1.165, 1.54) is 55.6 Å². The maximum Gasteiger partial charge on any atom is 0.170 e. The molecule has 3 heterocycles. The first-order chi connectivity index (χ1) is 31.2. The summed E-state index contributed by atoms with van der Waals surface area (Å²) in [7, 11) is 0. The van der Waals surface area contributed by atoms with Gasteiger partial charge in [0.1, 0.15) is 34.0 Å². The molecule has 2 aliphatic carbocycles. The van der Waals surface area contributed by atoms with Crippen molar-refractivity contribution in [2.24, 2.45) is 9.98 Å². The highest BCUT2D eigenvalue weighted by atomic mass is 16.3. The van der Waals surface area contributed by atoms with Crippen molar-refractivity contribution >= 4 is 55.5 Å². The quantitative estimate of drug-likeness (QED) is 0.193. The first-order valence-electron chi connectivity index (χ1n) is 21.5. The van der Waals surface area contributed by atoms with Crippen molar-refractivity contribution in [3.63, 3.8) is 0 Å². The largest absolute Gasteiger partial charge is 0.456 e. The van der Waals surface area contributed by atoms with E-state index in [1.807, 2.05) is 36.4 Å². The molecule has 1 atom stereocenters. The standard InChI is InChI=1S/C58H35N3O2/c1-2-16-36-35(15-1)37-17-3-8-25-46(37)58(47-26-9-4-18-38(36)47)48-27-10-5-19-39(48)45-33-34(31-32-49(45)58)55-59-56(43-23-14-30-52-53(43)42-21-7-12-29-51(42)62-52)61-57(60-55)44-24-13-22-41-40-20-6-11-28-50(40)63-54(41)44/h1-33,56H,(H,59,60,61). The second-order valence-corrected chi connectivity index (χ2v) is 16.7. The van der Waals surface area contributed by atoms with Crippen molar-refractivity contribution in [1.82, 2.24) is 5.32 Å². The summed E-state index contributed by atoms with van der Waals surface area (Å²) >= 11 is 0. The number of hydrogen-bond donors (Lipinski definition) is 1. The van der Waals surface area contributed by atoms with E-state index in [0.717, 1.165) is 66.4 Å². The van der Waals surface area contributed by atoms with Crippen LogP contribution in [0.4, 0.5) is 0 Å². The third-order valence-corrected chi connectivity index (χ3v) is 13.6. The van der Waals surface area contributed by atoms with Crippen molar-refractivity contribution in [1.29, 1.82) is 0 Å². The number of rotatable bonds is 3. The van der Waals surface area contributed by atoms with Crippen molar-refractivity contribution in [2.45, 2.75) is 11.6 Å². The first kappa shape index (κ1) is 34.4. The van der Waals surface area contributed by atoms with Gasteiger partial charge >= 0.3 is 0 Å². The number of para-hydroxylation sites is 3. The Bertz CT molecular complexity index is 3740. The smallest absolute Gasteiger partial charge is 0.170 e. The van der Waals surface area contributed by atoms with Crippen LogP contribution in [-0.4, -0.2) is 11.7 Å². The van der Waals surface area contributed by atoms with Crippen LogP contribution in [0.15, 0.2) is 219 Å². The summed E-state index contributed by atoms with van der Waals surface area (Å²) in [6, 6.07) is 71.7. The minimum absolute atomic E-state index is 0.567. The Labute approximate surface area is 362 Å². The Morgan fingerprint density at radius 3 is 1.60 bits per heavy atom. The van der Waals surface area contributed by atoms with Gasteiger partial charge in [0.05, 0.1) is 11.0 Å². The number of nitrogens with zero attached hydrogens (tertiary/aromatic N) is 2. The highest BCUT2D eigenvalue weighted by Gasteiger charge is 2.49. The van der Waals surface area contributed by atoms with E-state index >= 15 is 0 Å². The Hall–Kier alpha value is -8.28. The molecule has 0 fully saturated rings. The van der Waals surface area contributed by atoms with E-state index in [0.29, 0.717) is 5.84 Å². The van der Waals surface area contributed by atoms with E-state index in [2.05, 4.69) is 169 Å². The van der Waals surface area contributed by atoms with Gasteiger partial charge in [-0.2, -0.15) is 0 Å². The van der Waals surface area contributed by atoms with Crippen LogP contribution in [-0.2, 0) is 5.41 Å². The minimum Gasteiger partial charge on any atom is -0.456 e. The van der Waals surface area contributed by atoms with Gasteiger partial charge in [0.25, 0.3) is 0 Å². The van der Waals surface area contributed by atoms with Gasteiger partial charge in [-0.25, -0.2) is 9.98 Å². The lowest BCUT2D eigenvalue weighted by molar-refractivity contribution is 0.666. The molecule has 0 bridgehead atoms. The zero-order valence-corrected chi connectivity index (χ0v) is 33.8. The van der Waals surface area contributed by atoms with E-state index in [1.54, 1.807) is 0 Å². The lowest BCUT2D eigenvalue weighted by Crippen LogP contribution is -2.36. The average molecular weight is 806 g/mol. The molecule has 1 N–H and O–H groups in total. The van der Waals surface area contributed by atoms with E-state index in [4.69, 9.17) is 18.8 Å². The Morgan fingerprint density at radius 1 is 0.381 bits per heavy atom. The number of furan rings is 2. The molecule has 1 unspecified atom stereocenters. The summed E-state index contributed by atoms with van der Waals surface area (Å²) in [4.78, 5) is 10.9. The Kier molecular flexibility index (Phi) is 7.03. The fraction of sp³-hybridized carbons (Fsp3) is 0.0345. The van der Waals surface area contributed by atoms with Crippen LogP contribution in [0.2, 0.25) is 0 Å². The fourth-order valence-electron chi connectivity index (χ4n) is 11.0. The minimum atomic E-state index is -0.577. The van der Waals surface area contributed by atoms with Crippen LogP contribution >= 0.6 is 0 Å². The molecule has 11 aromatic rings. The fourth-order valence-corrected chi connectivity index (χ4v) is 11.0. The van der Waals surface area contributed by atoms with Crippen LogP contribution in [0, 0.1) is 0 Å². The molecule has 0 saturated heterocycles. The van der Waals surface area contributed by atoms with Crippen LogP contribution in [0.3, 0.4) is 0 Å². The molecule has 0 saturated carbocycles. The SMILES string of the molecule is c1ccc2c(c1)-c1ccccc1C1(c3ccccc3-2)c2ccccc2-c2cc(C3=NC(c4cccc5oc6ccccc6c45)N=C(c4cccc5c4oc4ccccc45)N3)ccc21. The van der Waals surface area contributed by atoms with Crippen LogP contribution in [0.1, 0.15) is 45.1 Å².